The highest BCUT2D eigenvalue weighted by Gasteiger charge is 2.32. The summed E-state index contributed by atoms with van der Waals surface area (Å²) in [6.45, 7) is 9.42. The lowest BCUT2D eigenvalue weighted by molar-refractivity contribution is 0.244. The van der Waals surface area contributed by atoms with E-state index < -0.39 is 0 Å². The van der Waals surface area contributed by atoms with Crippen molar-refractivity contribution in [3.05, 3.63) is 17.0 Å². The second-order valence-corrected chi connectivity index (χ2v) is 6.72. The monoisotopic (exact) mass is 283 g/mol. The Labute approximate surface area is 119 Å². The molecule has 19 heavy (non-hydrogen) atoms. The molecule has 1 fully saturated rings. The van der Waals surface area contributed by atoms with Gasteiger partial charge in [-0.15, -0.1) is 0 Å². The lowest BCUT2D eigenvalue weighted by Gasteiger charge is -2.27. The molecule has 0 saturated carbocycles. The molecule has 1 N–H and O–H groups in total. The highest BCUT2D eigenvalue weighted by atomic mass is 35.5. The first-order chi connectivity index (χ1) is 8.82. The normalized spacial score (nSPS) is 24.0. The number of halogens is 1. The van der Waals surface area contributed by atoms with Gasteiger partial charge in [0.25, 0.3) is 0 Å². The summed E-state index contributed by atoms with van der Waals surface area (Å²) < 4.78 is 0. The number of aliphatic hydroxyl groups is 1. The zero-order valence-corrected chi connectivity index (χ0v) is 12.8. The lowest BCUT2D eigenvalue weighted by atomic mass is 9.96. The van der Waals surface area contributed by atoms with Crippen molar-refractivity contribution in [1.29, 1.82) is 0 Å². The number of aromatic nitrogens is 2. The van der Waals surface area contributed by atoms with Gasteiger partial charge in [-0.2, -0.15) is 0 Å². The van der Waals surface area contributed by atoms with E-state index in [4.69, 9.17) is 11.6 Å². The van der Waals surface area contributed by atoms with E-state index in [0.29, 0.717) is 11.1 Å². The largest absolute Gasteiger partial charge is 0.394 e. The minimum absolute atomic E-state index is 0.124. The van der Waals surface area contributed by atoms with E-state index in [0.717, 1.165) is 24.6 Å². The Bertz CT molecular complexity index is 458. The number of aliphatic hydroxyl groups excluding tert-OH is 1. The summed E-state index contributed by atoms with van der Waals surface area (Å²) in [4.78, 5) is 11.1. The zero-order valence-electron chi connectivity index (χ0n) is 12.0. The summed E-state index contributed by atoms with van der Waals surface area (Å²) in [5.74, 6) is 2.04. The van der Waals surface area contributed by atoms with Crippen molar-refractivity contribution < 1.29 is 5.11 Å². The third-order valence-electron chi connectivity index (χ3n) is 3.72. The van der Waals surface area contributed by atoms with Gasteiger partial charge in [-0.25, -0.2) is 9.97 Å². The third-order valence-corrected chi connectivity index (χ3v) is 3.91. The molecule has 1 aliphatic heterocycles. The van der Waals surface area contributed by atoms with Crippen LogP contribution in [0.25, 0.3) is 0 Å². The molecule has 1 aliphatic rings. The Balaban J connectivity index is 2.37. The molecule has 2 heterocycles. The van der Waals surface area contributed by atoms with Crippen molar-refractivity contribution >= 4 is 17.4 Å². The molecule has 106 valence electrons. The van der Waals surface area contributed by atoms with Gasteiger partial charge in [0.05, 0.1) is 12.6 Å². The number of nitrogens with zero attached hydrogens (tertiary/aromatic N) is 3. The summed E-state index contributed by atoms with van der Waals surface area (Å²) in [5.41, 5.74) is -0.139. The van der Waals surface area contributed by atoms with Crippen molar-refractivity contribution in [3.63, 3.8) is 0 Å². The Hall–Kier alpha value is -0.870. The van der Waals surface area contributed by atoms with Crippen molar-refractivity contribution in [2.24, 2.45) is 5.92 Å². The number of rotatable bonds is 2. The van der Waals surface area contributed by atoms with Gasteiger partial charge in [0.2, 0.25) is 0 Å². The van der Waals surface area contributed by atoms with Crippen LogP contribution in [-0.2, 0) is 5.41 Å². The molecule has 0 radical (unpaired) electrons. The lowest BCUT2D eigenvalue weighted by Crippen LogP contribution is -2.36. The van der Waals surface area contributed by atoms with Gasteiger partial charge in [-0.3, -0.25) is 0 Å². The fourth-order valence-electron chi connectivity index (χ4n) is 2.46. The second kappa shape index (κ2) is 5.25. The van der Waals surface area contributed by atoms with Crippen LogP contribution in [0.15, 0.2) is 6.07 Å². The van der Waals surface area contributed by atoms with Crippen molar-refractivity contribution in [2.75, 3.05) is 18.1 Å². The first kappa shape index (κ1) is 14.5. The Kier molecular flexibility index (Phi) is 4.02. The molecule has 2 unspecified atom stereocenters. The van der Waals surface area contributed by atoms with Gasteiger partial charge >= 0.3 is 0 Å². The molecule has 5 heteroatoms. The van der Waals surface area contributed by atoms with Crippen LogP contribution in [0.4, 0.5) is 5.82 Å². The molecule has 2 rings (SSSR count). The van der Waals surface area contributed by atoms with Gasteiger partial charge < -0.3 is 10.0 Å². The fraction of sp³-hybridized carbons (Fsp3) is 0.714. The zero-order chi connectivity index (χ0) is 14.2. The highest BCUT2D eigenvalue weighted by Crippen LogP contribution is 2.31. The molecule has 0 aromatic carbocycles. The summed E-state index contributed by atoms with van der Waals surface area (Å²) in [5, 5.41) is 10.0. The van der Waals surface area contributed by atoms with E-state index in [-0.39, 0.29) is 18.1 Å². The number of anilines is 1. The van der Waals surface area contributed by atoms with Crippen LogP contribution in [0.1, 0.15) is 39.9 Å². The fourth-order valence-corrected chi connectivity index (χ4v) is 2.64. The highest BCUT2D eigenvalue weighted by molar-refractivity contribution is 6.29. The summed E-state index contributed by atoms with van der Waals surface area (Å²) >= 11 is 6.12. The van der Waals surface area contributed by atoms with E-state index in [1.807, 2.05) is 0 Å². The van der Waals surface area contributed by atoms with Crippen LogP contribution < -0.4 is 4.90 Å². The minimum atomic E-state index is -0.139. The maximum Gasteiger partial charge on any atom is 0.137 e. The molecular weight excluding hydrogens is 262 g/mol. The smallest absolute Gasteiger partial charge is 0.137 e. The van der Waals surface area contributed by atoms with Gasteiger partial charge in [-0.1, -0.05) is 39.3 Å². The van der Waals surface area contributed by atoms with E-state index in [9.17, 15) is 5.11 Å². The van der Waals surface area contributed by atoms with Gasteiger partial charge in [0, 0.05) is 18.0 Å². The van der Waals surface area contributed by atoms with Crippen LogP contribution in [0.3, 0.4) is 0 Å². The number of hydrogen-bond acceptors (Lipinski definition) is 4. The number of hydrogen-bond donors (Lipinski definition) is 1. The molecule has 0 spiro atoms. The van der Waals surface area contributed by atoms with Crippen molar-refractivity contribution in [3.8, 4) is 0 Å². The van der Waals surface area contributed by atoms with Gasteiger partial charge in [0.1, 0.15) is 16.8 Å². The van der Waals surface area contributed by atoms with Crippen LogP contribution in [0.2, 0.25) is 5.15 Å². The molecule has 1 aromatic rings. The van der Waals surface area contributed by atoms with E-state index in [1.165, 1.54) is 0 Å². The first-order valence-corrected chi connectivity index (χ1v) is 7.13. The van der Waals surface area contributed by atoms with Gasteiger partial charge in [0.15, 0.2) is 0 Å². The molecule has 0 amide bonds. The molecule has 4 nitrogen and oxygen atoms in total. The average molecular weight is 284 g/mol. The maximum absolute atomic E-state index is 9.55. The Morgan fingerprint density at radius 2 is 2.11 bits per heavy atom. The summed E-state index contributed by atoms with van der Waals surface area (Å²) in [6.07, 6.45) is 1.07. The van der Waals surface area contributed by atoms with Crippen LogP contribution in [0, 0.1) is 5.92 Å². The van der Waals surface area contributed by atoms with E-state index in [2.05, 4.69) is 42.6 Å². The summed E-state index contributed by atoms with van der Waals surface area (Å²) in [6, 6.07) is 1.91. The predicted molar refractivity (Wildman–Crippen MR) is 77.7 cm³/mol. The van der Waals surface area contributed by atoms with Crippen molar-refractivity contribution in [2.45, 2.75) is 45.6 Å². The van der Waals surface area contributed by atoms with Crippen LogP contribution >= 0.6 is 11.6 Å². The molecule has 2 atom stereocenters. The van der Waals surface area contributed by atoms with E-state index >= 15 is 0 Å². The molecule has 1 aromatic heterocycles. The summed E-state index contributed by atoms with van der Waals surface area (Å²) in [7, 11) is 0. The van der Waals surface area contributed by atoms with Crippen LogP contribution in [0.5, 0.6) is 0 Å². The standard InChI is InChI=1S/C14H22ClN3O/c1-9-5-6-18(10(9)8-19)12-7-11(15)16-13(17-12)14(2,3)4/h7,9-10,19H,5-6,8H2,1-4H3. The van der Waals surface area contributed by atoms with Crippen molar-refractivity contribution in [1.82, 2.24) is 9.97 Å². The Morgan fingerprint density at radius 3 is 2.68 bits per heavy atom. The average Bonchev–Trinajstić information content (AvgIpc) is 2.68. The quantitative estimate of drug-likeness (QED) is 0.848. The second-order valence-electron chi connectivity index (χ2n) is 6.33. The third kappa shape index (κ3) is 3.00. The predicted octanol–water partition coefficient (Wildman–Crippen LogP) is 2.63. The molecule has 0 aliphatic carbocycles. The molecular formula is C14H22ClN3O. The maximum atomic E-state index is 9.55. The first-order valence-electron chi connectivity index (χ1n) is 6.75. The molecule has 0 bridgehead atoms. The Morgan fingerprint density at radius 1 is 1.42 bits per heavy atom. The minimum Gasteiger partial charge on any atom is -0.394 e. The molecule has 1 saturated heterocycles. The topological polar surface area (TPSA) is 49.2 Å². The van der Waals surface area contributed by atoms with Gasteiger partial charge in [-0.05, 0) is 12.3 Å². The van der Waals surface area contributed by atoms with E-state index in [1.54, 1.807) is 6.07 Å². The SMILES string of the molecule is CC1CCN(c2cc(Cl)nc(C(C)(C)C)n2)C1CO. The van der Waals surface area contributed by atoms with Crippen LogP contribution in [-0.4, -0.2) is 34.3 Å².